The Morgan fingerprint density at radius 1 is 1.43 bits per heavy atom. The molecule has 1 unspecified atom stereocenters. The molecule has 0 aliphatic rings. The van der Waals surface area contributed by atoms with Crippen LogP contribution in [0.15, 0.2) is 23.1 Å². The van der Waals surface area contributed by atoms with Crippen LogP contribution in [0.4, 0.5) is 4.39 Å². The third-order valence-corrected chi connectivity index (χ3v) is 5.28. The van der Waals surface area contributed by atoms with Crippen LogP contribution in [-0.4, -0.2) is 48.8 Å². The van der Waals surface area contributed by atoms with E-state index < -0.39 is 43.7 Å². The summed E-state index contributed by atoms with van der Waals surface area (Å²) >= 11 is 5.58. The van der Waals surface area contributed by atoms with Gasteiger partial charge in [-0.3, -0.25) is 9.59 Å². The van der Waals surface area contributed by atoms with Crippen molar-refractivity contribution in [2.75, 3.05) is 13.1 Å². The average molecular weight is 367 g/mol. The van der Waals surface area contributed by atoms with Crippen LogP contribution in [-0.2, 0) is 19.6 Å². The number of nitrogens with one attached hydrogen (secondary N) is 1. The Kier molecular flexibility index (Phi) is 6.48. The molecule has 0 spiro atoms. The van der Waals surface area contributed by atoms with Crippen LogP contribution >= 0.6 is 11.6 Å². The topological polar surface area (TPSA) is 104 Å². The lowest BCUT2D eigenvalue weighted by atomic mass is 10.3. The third kappa shape index (κ3) is 4.63. The van der Waals surface area contributed by atoms with Gasteiger partial charge in [0.25, 0.3) is 0 Å². The molecule has 0 aliphatic carbocycles. The predicted molar refractivity (Wildman–Crippen MR) is 81.1 cm³/mol. The normalized spacial score (nSPS) is 12.9. The summed E-state index contributed by atoms with van der Waals surface area (Å²) in [5, 5.41) is 11.1. The summed E-state index contributed by atoms with van der Waals surface area (Å²) < 4.78 is 39.8. The van der Waals surface area contributed by atoms with Crippen molar-refractivity contribution in [3.63, 3.8) is 0 Å². The Morgan fingerprint density at radius 3 is 2.57 bits per heavy atom. The van der Waals surface area contributed by atoms with Crippen LogP contribution in [0, 0.1) is 5.82 Å². The molecule has 0 aromatic heterocycles. The van der Waals surface area contributed by atoms with Crippen LogP contribution in [0.2, 0.25) is 5.02 Å². The van der Waals surface area contributed by atoms with Gasteiger partial charge in [0.2, 0.25) is 15.9 Å². The van der Waals surface area contributed by atoms with E-state index in [1.54, 1.807) is 0 Å². The molecule has 0 bridgehead atoms. The van der Waals surface area contributed by atoms with Crippen molar-refractivity contribution in [1.82, 2.24) is 9.62 Å². The number of carboxylic acid groups (broad SMARTS) is 1. The van der Waals surface area contributed by atoms with Crippen molar-refractivity contribution in [3.05, 3.63) is 29.0 Å². The van der Waals surface area contributed by atoms with Gasteiger partial charge in [0.05, 0.1) is 5.02 Å². The first-order valence-electron chi connectivity index (χ1n) is 6.52. The maximum atomic E-state index is 14.0. The number of carboxylic acids is 1. The first kappa shape index (κ1) is 19.3. The maximum Gasteiger partial charge on any atom is 0.321 e. The molecule has 0 saturated carbocycles. The minimum atomic E-state index is -4.45. The second kappa shape index (κ2) is 7.71. The highest BCUT2D eigenvalue weighted by atomic mass is 35.5. The van der Waals surface area contributed by atoms with E-state index in [1.807, 2.05) is 0 Å². The first-order chi connectivity index (χ1) is 10.6. The van der Waals surface area contributed by atoms with E-state index in [1.165, 1.54) is 19.1 Å². The lowest BCUT2D eigenvalue weighted by molar-refractivity contribution is -0.140. The summed E-state index contributed by atoms with van der Waals surface area (Å²) in [5.74, 6) is -2.96. The monoisotopic (exact) mass is 366 g/mol. The predicted octanol–water partition coefficient (Wildman–Crippen LogP) is 1.08. The number of aliphatic carboxylic acids is 1. The zero-order valence-electron chi connectivity index (χ0n) is 12.4. The smallest absolute Gasteiger partial charge is 0.321 e. The second-order valence-corrected chi connectivity index (χ2v) is 6.93. The van der Waals surface area contributed by atoms with E-state index in [4.69, 9.17) is 16.7 Å². The zero-order valence-corrected chi connectivity index (χ0v) is 14.0. The lowest BCUT2D eigenvalue weighted by Crippen LogP contribution is -2.46. The highest BCUT2D eigenvalue weighted by Crippen LogP contribution is 2.25. The van der Waals surface area contributed by atoms with Gasteiger partial charge < -0.3 is 10.4 Å². The van der Waals surface area contributed by atoms with Crippen molar-refractivity contribution in [2.24, 2.45) is 0 Å². The van der Waals surface area contributed by atoms with Gasteiger partial charge in [0, 0.05) is 20.0 Å². The SMILES string of the molecule is CC(=O)NCCN(C(C)C(=O)O)S(=O)(=O)c1cccc(Cl)c1F. The molecule has 128 valence electrons. The number of hydrogen-bond donors (Lipinski definition) is 2. The standard InChI is InChI=1S/C13H16ClFN2O5S/c1-8(13(19)20)17(7-6-16-9(2)18)23(21,22)11-5-3-4-10(14)12(11)15/h3-5,8H,6-7H2,1-2H3,(H,16,18)(H,19,20). The summed E-state index contributed by atoms with van der Waals surface area (Å²) in [6.45, 7) is 1.93. The van der Waals surface area contributed by atoms with Crippen LogP contribution in [0.25, 0.3) is 0 Å². The number of carbonyl (C=O) groups excluding carboxylic acids is 1. The molecule has 10 heteroatoms. The minimum Gasteiger partial charge on any atom is -0.480 e. The summed E-state index contributed by atoms with van der Waals surface area (Å²) in [6, 6.07) is 1.97. The molecule has 0 radical (unpaired) electrons. The Morgan fingerprint density at radius 2 is 2.04 bits per heavy atom. The fourth-order valence-corrected chi connectivity index (χ4v) is 3.71. The van der Waals surface area contributed by atoms with Gasteiger partial charge in [-0.15, -0.1) is 0 Å². The van der Waals surface area contributed by atoms with Crippen molar-refractivity contribution in [1.29, 1.82) is 0 Å². The Labute approximate surface area is 138 Å². The first-order valence-corrected chi connectivity index (χ1v) is 8.34. The van der Waals surface area contributed by atoms with Crippen LogP contribution in [0.1, 0.15) is 13.8 Å². The average Bonchev–Trinajstić information content (AvgIpc) is 2.45. The zero-order chi connectivity index (χ0) is 17.8. The molecule has 7 nitrogen and oxygen atoms in total. The summed E-state index contributed by atoms with van der Waals surface area (Å²) in [6.07, 6.45) is 0. The molecule has 0 heterocycles. The summed E-state index contributed by atoms with van der Waals surface area (Å²) in [4.78, 5) is 21.3. The van der Waals surface area contributed by atoms with Crippen LogP contribution < -0.4 is 5.32 Å². The molecule has 1 aromatic rings. The fourth-order valence-electron chi connectivity index (χ4n) is 1.80. The number of amides is 1. The van der Waals surface area contributed by atoms with Crippen molar-refractivity contribution in [2.45, 2.75) is 24.8 Å². The summed E-state index contributed by atoms with van der Waals surface area (Å²) in [5.41, 5.74) is 0. The number of halogens is 2. The molecule has 2 N–H and O–H groups in total. The summed E-state index contributed by atoms with van der Waals surface area (Å²) in [7, 11) is -4.45. The van der Waals surface area contributed by atoms with E-state index >= 15 is 0 Å². The molecule has 0 fully saturated rings. The van der Waals surface area contributed by atoms with E-state index in [-0.39, 0.29) is 13.1 Å². The Balaban J connectivity index is 3.25. The van der Waals surface area contributed by atoms with Gasteiger partial charge in [-0.1, -0.05) is 17.7 Å². The van der Waals surface area contributed by atoms with Gasteiger partial charge in [-0.05, 0) is 19.1 Å². The molecular weight excluding hydrogens is 351 g/mol. The van der Waals surface area contributed by atoms with Gasteiger partial charge in [-0.25, -0.2) is 12.8 Å². The van der Waals surface area contributed by atoms with Gasteiger partial charge in [0.15, 0.2) is 5.82 Å². The van der Waals surface area contributed by atoms with E-state index in [9.17, 15) is 22.4 Å². The van der Waals surface area contributed by atoms with Gasteiger partial charge in [-0.2, -0.15) is 4.31 Å². The number of nitrogens with zero attached hydrogens (tertiary/aromatic N) is 1. The number of benzene rings is 1. The quantitative estimate of drug-likeness (QED) is 0.751. The molecule has 1 atom stereocenters. The van der Waals surface area contributed by atoms with E-state index in [0.717, 1.165) is 13.0 Å². The molecule has 1 rings (SSSR count). The fraction of sp³-hybridized carbons (Fsp3) is 0.385. The van der Waals surface area contributed by atoms with Gasteiger partial charge in [0.1, 0.15) is 10.9 Å². The minimum absolute atomic E-state index is 0.117. The third-order valence-electron chi connectivity index (χ3n) is 3.00. The number of carbonyl (C=O) groups is 2. The molecule has 1 aromatic carbocycles. The van der Waals surface area contributed by atoms with Crippen molar-refractivity contribution >= 4 is 33.5 Å². The molecule has 0 saturated heterocycles. The van der Waals surface area contributed by atoms with E-state index in [0.29, 0.717) is 4.31 Å². The van der Waals surface area contributed by atoms with Crippen LogP contribution in [0.3, 0.4) is 0 Å². The van der Waals surface area contributed by atoms with Crippen LogP contribution in [0.5, 0.6) is 0 Å². The van der Waals surface area contributed by atoms with Gasteiger partial charge >= 0.3 is 5.97 Å². The molecule has 23 heavy (non-hydrogen) atoms. The highest BCUT2D eigenvalue weighted by molar-refractivity contribution is 7.89. The van der Waals surface area contributed by atoms with Crippen molar-refractivity contribution in [3.8, 4) is 0 Å². The lowest BCUT2D eigenvalue weighted by Gasteiger charge is -2.26. The maximum absolute atomic E-state index is 14.0. The highest BCUT2D eigenvalue weighted by Gasteiger charge is 2.34. The number of rotatable bonds is 7. The Hall–Kier alpha value is -1.71. The molecular formula is C13H16ClFN2O5S. The number of hydrogen-bond acceptors (Lipinski definition) is 4. The van der Waals surface area contributed by atoms with E-state index in [2.05, 4.69) is 5.32 Å². The largest absolute Gasteiger partial charge is 0.480 e. The second-order valence-electron chi connectivity index (χ2n) is 4.66. The molecule has 0 aliphatic heterocycles. The van der Waals surface area contributed by atoms with Crippen molar-refractivity contribution < 1.29 is 27.5 Å². The molecule has 1 amide bonds. The number of sulfonamides is 1. The Bertz CT molecular complexity index is 710.